The zero-order valence-corrected chi connectivity index (χ0v) is 13.8. The van der Waals surface area contributed by atoms with Gasteiger partial charge >= 0.3 is 0 Å². The van der Waals surface area contributed by atoms with Crippen molar-refractivity contribution in [2.45, 2.75) is 51.5 Å². The predicted molar refractivity (Wildman–Crippen MR) is 86.8 cm³/mol. The molecule has 0 aliphatic heterocycles. The molecule has 1 aliphatic rings. The van der Waals surface area contributed by atoms with Crippen LogP contribution in [0.3, 0.4) is 0 Å². The van der Waals surface area contributed by atoms with Crippen LogP contribution in [0.4, 0.5) is 4.39 Å². The molecule has 1 amide bonds. The van der Waals surface area contributed by atoms with Crippen LogP contribution in [0.5, 0.6) is 0 Å². The smallest absolute Gasteiger partial charge is 0.217 e. The Morgan fingerprint density at radius 1 is 1.25 bits per heavy atom. The lowest BCUT2D eigenvalue weighted by atomic mass is 10.0. The Labute approximate surface area is 140 Å². The van der Waals surface area contributed by atoms with Crippen molar-refractivity contribution in [3.8, 4) is 0 Å². The van der Waals surface area contributed by atoms with E-state index in [1.165, 1.54) is 6.07 Å². The summed E-state index contributed by atoms with van der Waals surface area (Å²) in [6.07, 6.45) is 4.82. The zero-order chi connectivity index (χ0) is 16.9. The summed E-state index contributed by atoms with van der Waals surface area (Å²) in [5.41, 5.74) is 0.659. The van der Waals surface area contributed by atoms with E-state index in [9.17, 15) is 9.18 Å². The Hall–Kier alpha value is -2.24. The fourth-order valence-electron chi connectivity index (χ4n) is 3.34. The molecule has 1 N–H and O–H groups in total. The summed E-state index contributed by atoms with van der Waals surface area (Å²) >= 11 is 0. The van der Waals surface area contributed by atoms with E-state index in [2.05, 4.69) is 15.5 Å². The minimum Gasteiger partial charge on any atom is -0.425 e. The lowest BCUT2D eigenvalue weighted by Crippen LogP contribution is -2.30. The molecule has 2 atom stereocenters. The van der Waals surface area contributed by atoms with Crippen LogP contribution in [0, 0.1) is 11.7 Å². The van der Waals surface area contributed by atoms with Gasteiger partial charge in [0.05, 0.1) is 0 Å². The van der Waals surface area contributed by atoms with E-state index in [1.807, 2.05) is 6.07 Å². The number of carbonyl (C=O) groups excluding carboxylic acids is 1. The SMILES string of the molecule is CC(=O)N[C@H]1CC[C@@H](Cc2nnc(CCc3ccccc3F)o2)C1. The van der Waals surface area contributed by atoms with E-state index in [4.69, 9.17) is 4.42 Å². The van der Waals surface area contributed by atoms with Gasteiger partial charge in [-0.2, -0.15) is 0 Å². The third kappa shape index (κ3) is 4.40. The first-order valence-corrected chi connectivity index (χ1v) is 8.42. The van der Waals surface area contributed by atoms with E-state index >= 15 is 0 Å². The molecule has 128 valence electrons. The molecule has 3 rings (SSSR count). The van der Waals surface area contributed by atoms with Crippen LogP contribution < -0.4 is 5.32 Å². The summed E-state index contributed by atoms with van der Waals surface area (Å²) in [4.78, 5) is 11.1. The van der Waals surface area contributed by atoms with Gasteiger partial charge in [0.15, 0.2) is 0 Å². The molecule has 1 aromatic heterocycles. The van der Waals surface area contributed by atoms with Crippen LogP contribution in [0.2, 0.25) is 0 Å². The summed E-state index contributed by atoms with van der Waals surface area (Å²) in [5, 5.41) is 11.1. The summed E-state index contributed by atoms with van der Waals surface area (Å²) < 4.78 is 19.3. The van der Waals surface area contributed by atoms with E-state index in [0.717, 1.165) is 25.7 Å². The first kappa shape index (κ1) is 16.6. The second-order valence-corrected chi connectivity index (χ2v) is 6.46. The second kappa shape index (κ2) is 7.55. The third-order valence-electron chi connectivity index (χ3n) is 4.49. The van der Waals surface area contributed by atoms with Gasteiger partial charge in [0.1, 0.15) is 5.82 Å². The summed E-state index contributed by atoms with van der Waals surface area (Å²) in [5.74, 6) is 1.46. The van der Waals surface area contributed by atoms with Gasteiger partial charge in [0.25, 0.3) is 0 Å². The number of hydrogen-bond donors (Lipinski definition) is 1. The molecular weight excluding hydrogens is 309 g/mol. The maximum absolute atomic E-state index is 13.6. The van der Waals surface area contributed by atoms with E-state index in [0.29, 0.717) is 36.1 Å². The van der Waals surface area contributed by atoms with Crippen molar-refractivity contribution in [1.29, 1.82) is 0 Å². The topological polar surface area (TPSA) is 68.0 Å². The molecule has 1 saturated carbocycles. The zero-order valence-electron chi connectivity index (χ0n) is 13.8. The molecule has 0 saturated heterocycles. The average molecular weight is 331 g/mol. The Morgan fingerprint density at radius 2 is 2.04 bits per heavy atom. The predicted octanol–water partition coefficient (Wildman–Crippen LogP) is 2.84. The Kier molecular flexibility index (Phi) is 5.23. The Bertz CT molecular complexity index is 701. The highest BCUT2D eigenvalue weighted by atomic mass is 19.1. The van der Waals surface area contributed by atoms with Gasteiger partial charge in [-0.25, -0.2) is 4.39 Å². The molecule has 1 fully saturated rings. The highest BCUT2D eigenvalue weighted by Crippen LogP contribution is 2.28. The number of carbonyl (C=O) groups is 1. The normalized spacial score (nSPS) is 20.2. The van der Waals surface area contributed by atoms with Gasteiger partial charge in [-0.15, -0.1) is 10.2 Å². The number of nitrogens with one attached hydrogen (secondary N) is 1. The number of aromatic nitrogens is 2. The van der Waals surface area contributed by atoms with Gasteiger partial charge in [-0.1, -0.05) is 18.2 Å². The van der Waals surface area contributed by atoms with E-state index in [1.54, 1.807) is 19.1 Å². The first-order valence-electron chi connectivity index (χ1n) is 8.42. The summed E-state index contributed by atoms with van der Waals surface area (Å²) in [6.45, 7) is 1.55. The minimum atomic E-state index is -0.202. The second-order valence-electron chi connectivity index (χ2n) is 6.46. The van der Waals surface area contributed by atoms with Crippen LogP contribution in [0.1, 0.15) is 43.5 Å². The number of benzene rings is 1. The lowest BCUT2D eigenvalue weighted by molar-refractivity contribution is -0.119. The van der Waals surface area contributed by atoms with Gasteiger partial charge in [0.2, 0.25) is 17.7 Å². The monoisotopic (exact) mass is 331 g/mol. The molecule has 5 nitrogen and oxygen atoms in total. The molecule has 1 heterocycles. The maximum Gasteiger partial charge on any atom is 0.217 e. The number of nitrogens with zero attached hydrogens (tertiary/aromatic N) is 2. The maximum atomic E-state index is 13.6. The molecule has 0 unspecified atom stereocenters. The van der Waals surface area contributed by atoms with Crippen LogP contribution in [0.25, 0.3) is 0 Å². The van der Waals surface area contributed by atoms with E-state index in [-0.39, 0.29) is 17.8 Å². The average Bonchev–Trinajstić information content (AvgIpc) is 3.16. The molecule has 2 aromatic rings. The molecule has 0 spiro atoms. The van der Waals surface area contributed by atoms with Gasteiger partial charge in [0, 0.05) is 25.8 Å². The standard InChI is InChI=1S/C18H22FN3O2/c1-12(23)20-15-8-6-13(10-15)11-18-22-21-17(24-18)9-7-14-4-2-3-5-16(14)19/h2-5,13,15H,6-11H2,1H3,(H,20,23)/t13-,15+/m1/s1. The van der Waals surface area contributed by atoms with Crippen molar-refractivity contribution in [3.63, 3.8) is 0 Å². The number of aryl methyl sites for hydroxylation is 2. The molecule has 1 aromatic carbocycles. The summed E-state index contributed by atoms with van der Waals surface area (Å²) in [6, 6.07) is 6.99. The Balaban J connectivity index is 1.49. The van der Waals surface area contributed by atoms with Gasteiger partial charge in [-0.05, 0) is 43.2 Å². The molecule has 24 heavy (non-hydrogen) atoms. The van der Waals surface area contributed by atoms with Crippen molar-refractivity contribution >= 4 is 5.91 Å². The molecule has 1 aliphatic carbocycles. The lowest BCUT2D eigenvalue weighted by Gasteiger charge is -2.10. The molecule has 6 heteroatoms. The third-order valence-corrected chi connectivity index (χ3v) is 4.49. The van der Waals surface area contributed by atoms with Gasteiger partial charge in [-0.3, -0.25) is 4.79 Å². The highest BCUT2D eigenvalue weighted by Gasteiger charge is 2.26. The van der Waals surface area contributed by atoms with Crippen molar-refractivity contribution in [1.82, 2.24) is 15.5 Å². The number of hydrogen-bond acceptors (Lipinski definition) is 4. The molecule has 0 bridgehead atoms. The number of rotatable bonds is 6. The van der Waals surface area contributed by atoms with Crippen molar-refractivity contribution < 1.29 is 13.6 Å². The number of amides is 1. The van der Waals surface area contributed by atoms with Crippen LogP contribution >= 0.6 is 0 Å². The Morgan fingerprint density at radius 3 is 2.83 bits per heavy atom. The number of halogens is 1. The molecule has 0 radical (unpaired) electrons. The van der Waals surface area contributed by atoms with Crippen molar-refractivity contribution in [2.75, 3.05) is 0 Å². The van der Waals surface area contributed by atoms with E-state index < -0.39 is 0 Å². The fourth-order valence-corrected chi connectivity index (χ4v) is 3.34. The van der Waals surface area contributed by atoms with Crippen molar-refractivity contribution in [2.24, 2.45) is 5.92 Å². The van der Waals surface area contributed by atoms with Gasteiger partial charge < -0.3 is 9.73 Å². The van der Waals surface area contributed by atoms with Crippen LogP contribution in [-0.2, 0) is 24.1 Å². The largest absolute Gasteiger partial charge is 0.425 e. The fraction of sp³-hybridized carbons (Fsp3) is 0.500. The van der Waals surface area contributed by atoms with Crippen LogP contribution in [-0.4, -0.2) is 22.1 Å². The summed E-state index contributed by atoms with van der Waals surface area (Å²) in [7, 11) is 0. The molecular formula is C18H22FN3O2. The minimum absolute atomic E-state index is 0.0221. The highest BCUT2D eigenvalue weighted by molar-refractivity contribution is 5.73. The first-order chi connectivity index (χ1) is 11.6. The van der Waals surface area contributed by atoms with Crippen molar-refractivity contribution in [3.05, 3.63) is 47.4 Å². The van der Waals surface area contributed by atoms with Crippen LogP contribution in [0.15, 0.2) is 28.7 Å². The quantitative estimate of drug-likeness (QED) is 0.884.